The van der Waals surface area contributed by atoms with Crippen LogP contribution in [0.15, 0.2) is 22.7 Å². The lowest BCUT2D eigenvalue weighted by Gasteiger charge is -2.15. The average Bonchev–Trinajstić information content (AvgIpc) is 2.16. The van der Waals surface area contributed by atoms with E-state index in [1.54, 1.807) is 0 Å². The Morgan fingerprint density at radius 3 is 2.50 bits per heavy atom. The van der Waals surface area contributed by atoms with Gasteiger partial charge in [0.2, 0.25) is 0 Å². The summed E-state index contributed by atoms with van der Waals surface area (Å²) in [6, 6.07) is 3.20. The maximum Gasteiger partial charge on any atom is 0.416 e. The number of halogens is 4. The molecular formula is C11H13BrF3N. The first-order valence-electron chi connectivity index (χ1n) is 4.98. The summed E-state index contributed by atoms with van der Waals surface area (Å²) in [5.74, 6) is 0. The van der Waals surface area contributed by atoms with Gasteiger partial charge in [0.15, 0.2) is 0 Å². The van der Waals surface area contributed by atoms with Crippen LogP contribution in [-0.4, -0.2) is 0 Å². The zero-order valence-corrected chi connectivity index (χ0v) is 10.4. The lowest BCUT2D eigenvalue weighted by Crippen LogP contribution is -2.13. The minimum Gasteiger partial charge on any atom is -0.324 e. The van der Waals surface area contributed by atoms with Gasteiger partial charge >= 0.3 is 6.18 Å². The fourth-order valence-electron chi connectivity index (χ4n) is 1.47. The van der Waals surface area contributed by atoms with Gasteiger partial charge in [0.25, 0.3) is 0 Å². The van der Waals surface area contributed by atoms with Crippen molar-refractivity contribution >= 4 is 15.9 Å². The molecule has 0 aliphatic rings. The van der Waals surface area contributed by atoms with Crippen molar-refractivity contribution in [3.05, 3.63) is 33.8 Å². The largest absolute Gasteiger partial charge is 0.416 e. The van der Waals surface area contributed by atoms with Crippen LogP contribution in [0.25, 0.3) is 0 Å². The number of hydrogen-bond donors (Lipinski definition) is 1. The summed E-state index contributed by atoms with van der Waals surface area (Å²) >= 11 is 3.22. The molecule has 0 fully saturated rings. The summed E-state index contributed by atoms with van der Waals surface area (Å²) in [6.07, 6.45) is -2.81. The molecule has 90 valence electrons. The molecule has 2 N–H and O–H groups in total. The van der Waals surface area contributed by atoms with E-state index in [-0.39, 0.29) is 6.04 Å². The van der Waals surface area contributed by atoms with E-state index in [9.17, 15) is 13.2 Å². The summed E-state index contributed by atoms with van der Waals surface area (Å²) in [5.41, 5.74) is 5.68. The van der Waals surface area contributed by atoms with E-state index in [0.717, 1.165) is 18.6 Å². The van der Waals surface area contributed by atoms with E-state index in [1.807, 2.05) is 6.92 Å². The fourth-order valence-corrected chi connectivity index (χ4v) is 2.01. The van der Waals surface area contributed by atoms with Crippen LogP contribution in [0, 0.1) is 0 Å². The first-order valence-corrected chi connectivity index (χ1v) is 5.77. The van der Waals surface area contributed by atoms with Gasteiger partial charge in [-0.1, -0.05) is 29.3 Å². The molecular weight excluding hydrogens is 283 g/mol. The number of hydrogen-bond acceptors (Lipinski definition) is 1. The minimum atomic E-state index is -4.32. The van der Waals surface area contributed by atoms with Crippen molar-refractivity contribution in [3.63, 3.8) is 0 Å². The van der Waals surface area contributed by atoms with Crippen LogP contribution in [-0.2, 0) is 6.18 Å². The third-order valence-corrected chi connectivity index (χ3v) is 3.04. The van der Waals surface area contributed by atoms with E-state index in [1.165, 1.54) is 6.07 Å². The molecule has 1 nitrogen and oxygen atoms in total. The number of benzene rings is 1. The van der Waals surface area contributed by atoms with Gasteiger partial charge in [0.05, 0.1) is 5.56 Å². The zero-order valence-electron chi connectivity index (χ0n) is 8.81. The first-order chi connectivity index (χ1) is 7.36. The van der Waals surface area contributed by atoms with Gasteiger partial charge in [-0.25, -0.2) is 0 Å². The molecule has 0 aliphatic carbocycles. The maximum absolute atomic E-state index is 12.5. The van der Waals surface area contributed by atoms with Gasteiger partial charge < -0.3 is 5.73 Å². The van der Waals surface area contributed by atoms with Crippen molar-refractivity contribution < 1.29 is 13.2 Å². The topological polar surface area (TPSA) is 26.0 Å². The second-order valence-corrected chi connectivity index (χ2v) is 4.48. The van der Waals surface area contributed by atoms with Crippen LogP contribution in [0.3, 0.4) is 0 Å². The van der Waals surface area contributed by atoms with Crippen LogP contribution < -0.4 is 5.73 Å². The van der Waals surface area contributed by atoms with Crippen molar-refractivity contribution in [2.45, 2.75) is 32.0 Å². The molecule has 1 aromatic carbocycles. The molecule has 0 saturated heterocycles. The molecule has 0 spiro atoms. The SMILES string of the molecule is CCC[C@@H](N)c1cc(C(F)(F)F)ccc1Br. The minimum absolute atomic E-state index is 0.360. The third-order valence-electron chi connectivity index (χ3n) is 2.32. The fraction of sp³-hybridized carbons (Fsp3) is 0.455. The van der Waals surface area contributed by atoms with Gasteiger partial charge in [-0.15, -0.1) is 0 Å². The number of rotatable bonds is 3. The van der Waals surface area contributed by atoms with E-state index >= 15 is 0 Å². The van der Waals surface area contributed by atoms with Crippen LogP contribution in [0.4, 0.5) is 13.2 Å². The van der Waals surface area contributed by atoms with Gasteiger partial charge in [0, 0.05) is 10.5 Å². The van der Waals surface area contributed by atoms with Crippen molar-refractivity contribution in [1.82, 2.24) is 0 Å². The Labute approximate surface area is 101 Å². The zero-order chi connectivity index (χ0) is 12.3. The van der Waals surface area contributed by atoms with E-state index in [0.29, 0.717) is 16.5 Å². The molecule has 0 amide bonds. The summed E-state index contributed by atoms with van der Waals surface area (Å²) in [6.45, 7) is 1.95. The second kappa shape index (κ2) is 5.19. The van der Waals surface area contributed by atoms with E-state index < -0.39 is 11.7 Å². The quantitative estimate of drug-likeness (QED) is 0.885. The third kappa shape index (κ3) is 3.22. The molecule has 0 saturated carbocycles. The first kappa shape index (κ1) is 13.5. The summed E-state index contributed by atoms with van der Waals surface area (Å²) < 4.78 is 38.1. The molecule has 16 heavy (non-hydrogen) atoms. The Balaban J connectivity index is 3.09. The Kier molecular flexibility index (Phi) is 4.38. The summed E-state index contributed by atoms with van der Waals surface area (Å²) in [4.78, 5) is 0. The van der Waals surface area contributed by atoms with Crippen molar-refractivity contribution in [1.29, 1.82) is 0 Å². The highest BCUT2D eigenvalue weighted by molar-refractivity contribution is 9.10. The van der Waals surface area contributed by atoms with Crippen LogP contribution in [0.5, 0.6) is 0 Å². The second-order valence-electron chi connectivity index (χ2n) is 3.63. The Morgan fingerprint density at radius 1 is 1.38 bits per heavy atom. The predicted octanol–water partition coefficient (Wildman–Crippen LogP) is 4.27. The van der Waals surface area contributed by atoms with E-state index in [2.05, 4.69) is 15.9 Å². The lowest BCUT2D eigenvalue weighted by molar-refractivity contribution is -0.137. The molecule has 0 unspecified atom stereocenters. The van der Waals surface area contributed by atoms with Crippen LogP contribution >= 0.6 is 15.9 Å². The Hall–Kier alpha value is -0.550. The molecule has 1 atom stereocenters. The maximum atomic E-state index is 12.5. The highest BCUT2D eigenvalue weighted by Crippen LogP contribution is 2.34. The molecule has 1 aromatic rings. The normalized spacial score (nSPS) is 13.9. The van der Waals surface area contributed by atoms with Gasteiger partial charge in [-0.2, -0.15) is 13.2 Å². The van der Waals surface area contributed by atoms with Crippen LogP contribution in [0.1, 0.15) is 36.9 Å². The Morgan fingerprint density at radius 2 is 2.00 bits per heavy atom. The average molecular weight is 296 g/mol. The van der Waals surface area contributed by atoms with Crippen molar-refractivity contribution in [2.75, 3.05) is 0 Å². The Bertz CT molecular complexity index is 363. The molecule has 0 aliphatic heterocycles. The van der Waals surface area contributed by atoms with Gasteiger partial charge in [-0.3, -0.25) is 0 Å². The lowest BCUT2D eigenvalue weighted by atomic mass is 10.0. The molecule has 0 bridgehead atoms. The monoisotopic (exact) mass is 295 g/mol. The molecule has 1 rings (SSSR count). The van der Waals surface area contributed by atoms with Crippen molar-refractivity contribution in [2.24, 2.45) is 5.73 Å². The molecule has 0 radical (unpaired) electrons. The highest BCUT2D eigenvalue weighted by atomic mass is 79.9. The molecule has 0 aromatic heterocycles. The smallest absolute Gasteiger partial charge is 0.324 e. The predicted molar refractivity (Wildman–Crippen MR) is 61.0 cm³/mol. The van der Waals surface area contributed by atoms with Crippen molar-refractivity contribution in [3.8, 4) is 0 Å². The highest BCUT2D eigenvalue weighted by Gasteiger charge is 2.31. The standard InChI is InChI=1S/C11H13BrF3N/c1-2-3-10(16)8-6-7(11(13,14)15)4-5-9(8)12/h4-6,10H,2-3,16H2,1H3/t10-/m1/s1. The summed E-state index contributed by atoms with van der Waals surface area (Å²) in [5, 5.41) is 0. The summed E-state index contributed by atoms with van der Waals surface area (Å²) in [7, 11) is 0. The number of nitrogens with two attached hydrogens (primary N) is 1. The van der Waals surface area contributed by atoms with Crippen LogP contribution in [0.2, 0.25) is 0 Å². The van der Waals surface area contributed by atoms with E-state index in [4.69, 9.17) is 5.73 Å². The van der Waals surface area contributed by atoms with Gasteiger partial charge in [0.1, 0.15) is 0 Å². The molecule has 0 heterocycles. The van der Waals surface area contributed by atoms with Gasteiger partial charge in [-0.05, 0) is 30.2 Å². The molecule has 5 heteroatoms. The number of alkyl halides is 3.